The molecule has 116 valence electrons. The lowest BCUT2D eigenvalue weighted by Gasteiger charge is -2.06. The van der Waals surface area contributed by atoms with E-state index >= 15 is 0 Å². The second kappa shape index (κ2) is 4.73. The van der Waals surface area contributed by atoms with Crippen LogP contribution in [0.25, 0.3) is 27.8 Å². The average molecular weight is 312 g/mol. The van der Waals surface area contributed by atoms with Crippen molar-refractivity contribution in [1.82, 2.24) is 29.3 Å². The maximum absolute atomic E-state index is 13.9. The molecule has 3 heterocycles. The van der Waals surface area contributed by atoms with Crippen LogP contribution in [0.15, 0.2) is 35.6 Å². The Morgan fingerprint density at radius 2 is 2.09 bits per heavy atom. The molecule has 0 unspecified atom stereocenters. The van der Waals surface area contributed by atoms with Crippen LogP contribution in [0.3, 0.4) is 0 Å². The Labute approximate surface area is 129 Å². The van der Waals surface area contributed by atoms with Crippen LogP contribution < -0.4 is 5.69 Å². The van der Waals surface area contributed by atoms with Gasteiger partial charge in [-0.1, -0.05) is 0 Å². The number of imidazole rings is 1. The lowest BCUT2D eigenvalue weighted by Crippen LogP contribution is -2.24. The highest BCUT2D eigenvalue weighted by Gasteiger charge is 2.20. The maximum Gasteiger partial charge on any atom is 0.335 e. The van der Waals surface area contributed by atoms with Gasteiger partial charge in [-0.2, -0.15) is 5.10 Å². The number of fused-ring (bicyclic) bond motifs is 2. The summed E-state index contributed by atoms with van der Waals surface area (Å²) in [5, 5.41) is 7.02. The largest absolute Gasteiger partial charge is 0.335 e. The van der Waals surface area contributed by atoms with Crippen molar-refractivity contribution in [3.63, 3.8) is 0 Å². The van der Waals surface area contributed by atoms with E-state index in [4.69, 9.17) is 0 Å². The Morgan fingerprint density at radius 1 is 1.26 bits per heavy atom. The molecule has 7 nitrogen and oxygen atoms in total. The van der Waals surface area contributed by atoms with Crippen LogP contribution in [0, 0.1) is 5.82 Å². The highest BCUT2D eigenvalue weighted by Crippen LogP contribution is 2.25. The topological polar surface area (TPSA) is 81.4 Å². The van der Waals surface area contributed by atoms with Gasteiger partial charge in [0.2, 0.25) is 0 Å². The number of aromatic amines is 1. The van der Waals surface area contributed by atoms with Crippen LogP contribution in [0.1, 0.15) is 19.9 Å². The molecule has 4 rings (SSSR count). The predicted octanol–water partition coefficient (Wildman–Crippen LogP) is 2.18. The summed E-state index contributed by atoms with van der Waals surface area (Å²) in [6.45, 7) is 3.82. The molecule has 4 aromatic rings. The Hall–Kier alpha value is -3.03. The first-order valence-corrected chi connectivity index (χ1v) is 7.14. The number of H-pyrrole nitrogens is 1. The van der Waals surface area contributed by atoms with Crippen molar-refractivity contribution in [2.45, 2.75) is 19.9 Å². The number of rotatable bonds is 2. The van der Waals surface area contributed by atoms with E-state index in [1.54, 1.807) is 16.8 Å². The van der Waals surface area contributed by atoms with Crippen LogP contribution >= 0.6 is 0 Å². The van der Waals surface area contributed by atoms with Gasteiger partial charge in [-0.25, -0.2) is 19.2 Å². The summed E-state index contributed by atoms with van der Waals surface area (Å²) in [5.74, 6) is -0.418. The molecule has 0 aliphatic heterocycles. The molecule has 0 amide bonds. The Kier molecular flexibility index (Phi) is 2.80. The monoisotopic (exact) mass is 312 g/mol. The van der Waals surface area contributed by atoms with Crippen LogP contribution in [-0.4, -0.2) is 29.3 Å². The summed E-state index contributed by atoms with van der Waals surface area (Å²) in [7, 11) is 0. The minimum absolute atomic E-state index is 0.0681. The lowest BCUT2D eigenvalue weighted by atomic mass is 10.2. The van der Waals surface area contributed by atoms with Gasteiger partial charge in [0, 0.05) is 11.4 Å². The van der Waals surface area contributed by atoms with Crippen LogP contribution in [0.5, 0.6) is 0 Å². The Bertz CT molecular complexity index is 1090. The van der Waals surface area contributed by atoms with Gasteiger partial charge in [0.15, 0.2) is 5.65 Å². The summed E-state index contributed by atoms with van der Waals surface area (Å²) in [4.78, 5) is 21.2. The quantitative estimate of drug-likeness (QED) is 0.615. The van der Waals surface area contributed by atoms with Gasteiger partial charge < -0.3 is 0 Å². The van der Waals surface area contributed by atoms with E-state index in [-0.39, 0.29) is 17.2 Å². The number of benzene rings is 1. The van der Waals surface area contributed by atoms with Crippen molar-refractivity contribution in [1.29, 1.82) is 0 Å². The molecular weight excluding hydrogens is 299 g/mol. The third-order valence-corrected chi connectivity index (χ3v) is 3.84. The fraction of sp³-hybridized carbons (Fsp3) is 0.200. The van der Waals surface area contributed by atoms with E-state index in [0.717, 1.165) is 0 Å². The number of nitrogens with zero attached hydrogens (tertiary/aromatic N) is 5. The molecule has 0 spiro atoms. The SMILES string of the molecule is CC(C)n1c(=O)n(-c2ccc(F)c3[nH]ncc23)c2cncnc21. The minimum Gasteiger partial charge on any atom is -0.275 e. The second-order valence-corrected chi connectivity index (χ2v) is 5.54. The van der Waals surface area contributed by atoms with Gasteiger partial charge in [-0.05, 0) is 26.0 Å². The van der Waals surface area contributed by atoms with E-state index < -0.39 is 5.82 Å². The molecular formula is C15H13FN6O. The molecule has 0 bridgehead atoms. The Balaban J connectivity index is 2.18. The number of hydrogen-bond acceptors (Lipinski definition) is 4. The second-order valence-electron chi connectivity index (χ2n) is 5.54. The number of halogens is 1. The van der Waals surface area contributed by atoms with Gasteiger partial charge in [0.1, 0.15) is 23.2 Å². The molecule has 0 fully saturated rings. The molecule has 23 heavy (non-hydrogen) atoms. The number of aromatic nitrogens is 6. The van der Waals surface area contributed by atoms with Crippen molar-refractivity contribution in [2.24, 2.45) is 0 Å². The summed E-state index contributed by atoms with van der Waals surface area (Å²) >= 11 is 0. The van der Waals surface area contributed by atoms with Gasteiger partial charge in [-0.3, -0.25) is 14.2 Å². The van der Waals surface area contributed by atoms with E-state index in [9.17, 15) is 9.18 Å². The molecule has 0 aliphatic rings. The fourth-order valence-electron chi connectivity index (χ4n) is 2.84. The summed E-state index contributed by atoms with van der Waals surface area (Å²) in [6, 6.07) is 2.80. The molecule has 3 aromatic heterocycles. The number of hydrogen-bond donors (Lipinski definition) is 1. The molecule has 1 N–H and O–H groups in total. The van der Waals surface area contributed by atoms with E-state index in [2.05, 4.69) is 20.2 Å². The van der Waals surface area contributed by atoms with Gasteiger partial charge in [0.05, 0.1) is 18.1 Å². The standard InChI is InChI=1S/C15H13FN6O/c1-8(2)21-14-12(6-17-7-18-14)22(15(21)23)11-4-3-10(16)13-9(11)5-19-20-13/h3-8H,1-2H3,(H,19,20). The number of nitrogens with one attached hydrogen (secondary N) is 1. The molecule has 1 aromatic carbocycles. The lowest BCUT2D eigenvalue weighted by molar-refractivity contribution is 0.586. The van der Waals surface area contributed by atoms with E-state index in [0.29, 0.717) is 22.2 Å². The summed E-state index contributed by atoms with van der Waals surface area (Å²) < 4.78 is 17.0. The zero-order chi connectivity index (χ0) is 16.1. The van der Waals surface area contributed by atoms with Crippen molar-refractivity contribution in [2.75, 3.05) is 0 Å². The van der Waals surface area contributed by atoms with Crippen LogP contribution in [-0.2, 0) is 0 Å². The maximum atomic E-state index is 13.9. The summed E-state index contributed by atoms with van der Waals surface area (Å²) in [6.07, 6.45) is 4.49. The van der Waals surface area contributed by atoms with E-state index in [1.165, 1.54) is 23.2 Å². The highest BCUT2D eigenvalue weighted by molar-refractivity contribution is 5.89. The predicted molar refractivity (Wildman–Crippen MR) is 83.1 cm³/mol. The third-order valence-electron chi connectivity index (χ3n) is 3.84. The smallest absolute Gasteiger partial charge is 0.275 e. The van der Waals surface area contributed by atoms with Crippen molar-refractivity contribution in [3.8, 4) is 5.69 Å². The van der Waals surface area contributed by atoms with Crippen molar-refractivity contribution < 1.29 is 4.39 Å². The molecule has 0 saturated carbocycles. The summed E-state index contributed by atoms with van der Waals surface area (Å²) in [5.41, 5.74) is 1.67. The van der Waals surface area contributed by atoms with Crippen LogP contribution in [0.4, 0.5) is 4.39 Å². The van der Waals surface area contributed by atoms with Gasteiger partial charge in [0.25, 0.3) is 0 Å². The molecule has 0 saturated heterocycles. The van der Waals surface area contributed by atoms with E-state index in [1.807, 2.05) is 13.8 Å². The third kappa shape index (κ3) is 1.81. The minimum atomic E-state index is -0.418. The van der Waals surface area contributed by atoms with Gasteiger partial charge in [-0.15, -0.1) is 0 Å². The first kappa shape index (κ1) is 13.6. The first-order valence-electron chi connectivity index (χ1n) is 7.14. The zero-order valence-corrected chi connectivity index (χ0v) is 12.5. The highest BCUT2D eigenvalue weighted by atomic mass is 19.1. The first-order chi connectivity index (χ1) is 11.1. The Morgan fingerprint density at radius 3 is 2.87 bits per heavy atom. The van der Waals surface area contributed by atoms with Gasteiger partial charge >= 0.3 is 5.69 Å². The van der Waals surface area contributed by atoms with Crippen molar-refractivity contribution >= 4 is 22.1 Å². The average Bonchev–Trinajstić information content (AvgIpc) is 3.11. The van der Waals surface area contributed by atoms with Crippen molar-refractivity contribution in [3.05, 3.63) is 47.2 Å². The molecule has 0 radical (unpaired) electrons. The zero-order valence-electron chi connectivity index (χ0n) is 12.5. The molecule has 0 aliphatic carbocycles. The normalized spacial score (nSPS) is 11.8. The van der Waals surface area contributed by atoms with Crippen LogP contribution in [0.2, 0.25) is 0 Å². The molecule has 0 atom stereocenters. The fourth-order valence-corrected chi connectivity index (χ4v) is 2.84. The molecule has 8 heteroatoms.